The summed E-state index contributed by atoms with van der Waals surface area (Å²) in [5, 5.41) is 0.457. The van der Waals surface area contributed by atoms with Gasteiger partial charge >= 0.3 is 5.97 Å². The number of aromatic nitrogens is 3. The first-order chi connectivity index (χ1) is 12.6. The number of H-pyrrole nitrogens is 1. The summed E-state index contributed by atoms with van der Waals surface area (Å²) in [6, 6.07) is 3.61. The van der Waals surface area contributed by atoms with Crippen molar-refractivity contribution in [2.75, 3.05) is 0 Å². The number of pyridine rings is 1. The Labute approximate surface area is 154 Å². The Morgan fingerprint density at radius 3 is 2.85 bits per heavy atom. The molecule has 4 rings (SSSR count). The Hall–Kier alpha value is -2.54. The highest BCUT2D eigenvalue weighted by Gasteiger charge is 2.24. The molecule has 7 heteroatoms. The molecule has 0 aliphatic heterocycles. The first-order valence-electron chi connectivity index (χ1n) is 8.78. The van der Waals surface area contributed by atoms with Crippen molar-refractivity contribution in [1.82, 2.24) is 15.0 Å². The monoisotopic (exact) mass is 369 g/mol. The van der Waals surface area contributed by atoms with E-state index in [9.17, 15) is 9.59 Å². The van der Waals surface area contributed by atoms with Crippen molar-refractivity contribution in [2.45, 2.75) is 45.1 Å². The number of hydrogen-bond acceptors (Lipinski definition) is 6. The predicted molar refractivity (Wildman–Crippen MR) is 100 cm³/mol. The molecule has 134 valence electrons. The number of rotatable bonds is 3. The summed E-state index contributed by atoms with van der Waals surface area (Å²) in [6.07, 6.45) is 8.51. The molecule has 0 bridgehead atoms. The molecule has 3 aromatic rings. The number of ether oxygens (including phenoxy) is 1. The Morgan fingerprint density at radius 2 is 2.12 bits per heavy atom. The van der Waals surface area contributed by atoms with Gasteiger partial charge in [-0.2, -0.15) is 0 Å². The molecule has 3 aromatic heterocycles. The highest BCUT2D eigenvalue weighted by atomic mass is 32.1. The second-order valence-electron chi connectivity index (χ2n) is 6.56. The quantitative estimate of drug-likeness (QED) is 0.709. The molecule has 1 aliphatic rings. The minimum atomic E-state index is -0.347. The number of aromatic amines is 1. The largest absolute Gasteiger partial charge is 0.458 e. The van der Waals surface area contributed by atoms with Crippen LogP contribution in [0.3, 0.4) is 0 Å². The summed E-state index contributed by atoms with van der Waals surface area (Å²) in [4.78, 5) is 37.5. The van der Waals surface area contributed by atoms with Crippen molar-refractivity contribution in [3.05, 3.63) is 45.3 Å². The first-order valence-corrected chi connectivity index (χ1v) is 9.60. The maximum atomic E-state index is 12.6. The van der Waals surface area contributed by atoms with Crippen molar-refractivity contribution in [3.8, 4) is 11.4 Å². The molecule has 3 heterocycles. The van der Waals surface area contributed by atoms with Crippen LogP contribution in [0, 0.1) is 6.92 Å². The number of carbonyl (C=O) groups excluding carboxylic acids is 1. The molecule has 0 aromatic carbocycles. The predicted octanol–water partition coefficient (Wildman–Crippen LogP) is 3.84. The van der Waals surface area contributed by atoms with Gasteiger partial charge in [0.2, 0.25) is 0 Å². The van der Waals surface area contributed by atoms with Crippen molar-refractivity contribution in [1.29, 1.82) is 0 Å². The number of carbonyl (C=O) groups is 1. The zero-order valence-corrected chi connectivity index (χ0v) is 15.3. The van der Waals surface area contributed by atoms with Gasteiger partial charge in [-0.05, 0) is 50.3 Å². The van der Waals surface area contributed by atoms with E-state index in [1.165, 1.54) is 17.8 Å². The second kappa shape index (κ2) is 6.99. The topological polar surface area (TPSA) is 84.9 Å². The van der Waals surface area contributed by atoms with Gasteiger partial charge < -0.3 is 9.72 Å². The van der Waals surface area contributed by atoms with Gasteiger partial charge in [-0.1, -0.05) is 6.42 Å². The molecule has 1 saturated carbocycles. The van der Waals surface area contributed by atoms with Gasteiger partial charge in [0.25, 0.3) is 5.56 Å². The normalized spacial score (nSPS) is 15.3. The fraction of sp³-hybridized carbons (Fsp3) is 0.368. The third kappa shape index (κ3) is 3.14. The third-order valence-electron chi connectivity index (χ3n) is 4.75. The lowest BCUT2D eigenvalue weighted by Gasteiger charge is -2.21. The number of hydrogen-bond donors (Lipinski definition) is 1. The van der Waals surface area contributed by atoms with Crippen molar-refractivity contribution in [3.63, 3.8) is 0 Å². The van der Waals surface area contributed by atoms with Crippen LogP contribution in [-0.2, 0) is 4.74 Å². The number of nitrogens with one attached hydrogen (secondary N) is 1. The van der Waals surface area contributed by atoms with Gasteiger partial charge in [0.1, 0.15) is 21.6 Å². The smallest absolute Gasteiger partial charge is 0.348 e. The van der Waals surface area contributed by atoms with Crippen LogP contribution in [0.1, 0.15) is 47.3 Å². The van der Waals surface area contributed by atoms with E-state index in [0.717, 1.165) is 31.2 Å². The molecule has 0 unspecified atom stereocenters. The van der Waals surface area contributed by atoms with Crippen LogP contribution in [0.4, 0.5) is 0 Å². The van der Waals surface area contributed by atoms with Crippen LogP contribution >= 0.6 is 11.3 Å². The highest BCUT2D eigenvalue weighted by Crippen LogP contribution is 2.30. The standard InChI is InChI=1S/C19H19N3O3S/c1-11-14-17(23)21-16(12-6-5-9-20-10-12)22-18(14)26-15(11)19(24)25-13-7-3-2-4-8-13/h5-6,9-10,13H,2-4,7-8H2,1H3,(H,21,22,23). The van der Waals surface area contributed by atoms with Crippen molar-refractivity contribution >= 4 is 27.5 Å². The highest BCUT2D eigenvalue weighted by molar-refractivity contribution is 7.20. The molecule has 0 radical (unpaired) electrons. The maximum Gasteiger partial charge on any atom is 0.348 e. The number of nitrogens with zero attached hydrogens (tertiary/aromatic N) is 2. The molecule has 0 atom stereocenters. The Kier molecular flexibility index (Phi) is 4.55. The fourth-order valence-corrected chi connectivity index (χ4v) is 4.43. The number of esters is 1. The molecule has 1 aliphatic carbocycles. The number of thiophene rings is 1. The third-order valence-corrected chi connectivity index (χ3v) is 5.91. The van der Waals surface area contributed by atoms with E-state index in [4.69, 9.17) is 4.74 Å². The fourth-order valence-electron chi connectivity index (χ4n) is 3.37. The molecule has 1 fully saturated rings. The summed E-state index contributed by atoms with van der Waals surface area (Å²) in [7, 11) is 0. The zero-order valence-electron chi connectivity index (χ0n) is 14.4. The van der Waals surface area contributed by atoms with Crippen LogP contribution < -0.4 is 5.56 Å². The van der Waals surface area contributed by atoms with Crippen LogP contribution in [-0.4, -0.2) is 27.0 Å². The molecule has 0 amide bonds. The summed E-state index contributed by atoms with van der Waals surface area (Å²) >= 11 is 1.22. The van der Waals surface area contributed by atoms with E-state index < -0.39 is 0 Å². The van der Waals surface area contributed by atoms with Gasteiger partial charge in [0.15, 0.2) is 0 Å². The van der Waals surface area contributed by atoms with Gasteiger partial charge in [-0.25, -0.2) is 9.78 Å². The SMILES string of the molecule is Cc1c(C(=O)OC2CCCCC2)sc2nc(-c3cccnc3)[nH]c(=O)c12. The number of aryl methyl sites for hydroxylation is 1. The molecule has 0 spiro atoms. The molecule has 26 heavy (non-hydrogen) atoms. The molecule has 1 N–H and O–H groups in total. The summed E-state index contributed by atoms with van der Waals surface area (Å²) in [5.74, 6) is 0.101. The second-order valence-corrected chi connectivity index (χ2v) is 7.56. The minimum absolute atomic E-state index is 0.0157. The van der Waals surface area contributed by atoms with Crippen LogP contribution in [0.25, 0.3) is 21.6 Å². The van der Waals surface area contributed by atoms with E-state index in [2.05, 4.69) is 15.0 Å². The Morgan fingerprint density at radius 1 is 1.31 bits per heavy atom. The maximum absolute atomic E-state index is 12.6. The van der Waals surface area contributed by atoms with Gasteiger partial charge in [-0.15, -0.1) is 11.3 Å². The van der Waals surface area contributed by atoms with E-state index in [-0.39, 0.29) is 17.6 Å². The van der Waals surface area contributed by atoms with E-state index in [1.54, 1.807) is 25.4 Å². The van der Waals surface area contributed by atoms with Crippen molar-refractivity contribution < 1.29 is 9.53 Å². The molecular weight excluding hydrogens is 350 g/mol. The number of fused-ring (bicyclic) bond motifs is 1. The average molecular weight is 369 g/mol. The molecule has 6 nitrogen and oxygen atoms in total. The van der Waals surface area contributed by atoms with Crippen molar-refractivity contribution in [2.24, 2.45) is 0 Å². The lowest BCUT2D eigenvalue weighted by Crippen LogP contribution is -2.20. The summed E-state index contributed by atoms with van der Waals surface area (Å²) in [5.41, 5.74) is 1.11. The van der Waals surface area contributed by atoms with Crippen LogP contribution in [0.15, 0.2) is 29.3 Å². The Bertz CT molecular complexity index is 1000. The summed E-state index contributed by atoms with van der Waals surface area (Å²) < 4.78 is 5.66. The Balaban J connectivity index is 1.70. The van der Waals surface area contributed by atoms with Gasteiger partial charge in [0.05, 0.1) is 5.39 Å². The van der Waals surface area contributed by atoms with E-state index in [1.807, 2.05) is 6.07 Å². The van der Waals surface area contributed by atoms with Crippen LogP contribution in [0.2, 0.25) is 0 Å². The van der Waals surface area contributed by atoms with E-state index in [0.29, 0.717) is 26.5 Å². The lowest BCUT2D eigenvalue weighted by atomic mass is 9.98. The van der Waals surface area contributed by atoms with Gasteiger partial charge in [-0.3, -0.25) is 9.78 Å². The van der Waals surface area contributed by atoms with Crippen LogP contribution in [0.5, 0.6) is 0 Å². The molecular formula is C19H19N3O3S. The van der Waals surface area contributed by atoms with Gasteiger partial charge in [0, 0.05) is 18.0 Å². The van der Waals surface area contributed by atoms with E-state index >= 15 is 0 Å². The zero-order chi connectivity index (χ0) is 18.1. The average Bonchev–Trinajstić information content (AvgIpc) is 3.00. The summed E-state index contributed by atoms with van der Waals surface area (Å²) in [6.45, 7) is 1.77. The first kappa shape index (κ1) is 16.9. The lowest BCUT2D eigenvalue weighted by molar-refractivity contribution is 0.0216. The minimum Gasteiger partial charge on any atom is -0.458 e. The molecule has 0 saturated heterocycles.